The number of nitrogens with one attached hydrogen (secondary N) is 2. The van der Waals surface area contributed by atoms with Crippen LogP contribution in [0.15, 0.2) is 48.2 Å². The molecule has 1 heterocycles. The summed E-state index contributed by atoms with van der Waals surface area (Å²) in [5.41, 5.74) is 4.61. The molecule has 0 bridgehead atoms. The van der Waals surface area contributed by atoms with Gasteiger partial charge in [-0.05, 0) is 60.7 Å². The summed E-state index contributed by atoms with van der Waals surface area (Å²) in [6.45, 7) is 5.44. The molecule has 9 nitrogen and oxygen atoms in total. The van der Waals surface area contributed by atoms with E-state index >= 15 is 0 Å². The molecule has 3 N–H and O–H groups in total. The normalized spacial score (nSPS) is 16.0. The van der Waals surface area contributed by atoms with Crippen LogP contribution in [0.2, 0.25) is 0 Å². The molecule has 3 rings (SSSR count). The molecule has 2 unspecified atom stereocenters. The van der Waals surface area contributed by atoms with Gasteiger partial charge in [-0.2, -0.15) is 0 Å². The summed E-state index contributed by atoms with van der Waals surface area (Å²) in [6.07, 6.45) is 0.863. The number of carbonyl (C=O) groups is 4. The maximum absolute atomic E-state index is 12.8. The molecule has 186 valence electrons. The molecule has 0 fully saturated rings. The minimum atomic E-state index is -1.39. The molecule has 0 saturated heterocycles. The maximum atomic E-state index is 12.8. The van der Waals surface area contributed by atoms with Crippen molar-refractivity contribution < 1.29 is 29.0 Å². The number of hydrogen-bond acceptors (Lipinski definition) is 5. The van der Waals surface area contributed by atoms with E-state index in [0.29, 0.717) is 17.0 Å². The van der Waals surface area contributed by atoms with Crippen molar-refractivity contribution in [2.75, 3.05) is 14.2 Å². The van der Waals surface area contributed by atoms with Crippen LogP contribution in [0.1, 0.15) is 36.1 Å². The Morgan fingerprint density at radius 3 is 2.39 bits per heavy atom. The average molecular weight is 504 g/mol. The Morgan fingerprint density at radius 2 is 1.78 bits per heavy atom. The van der Waals surface area contributed by atoms with Crippen molar-refractivity contribution in [3.05, 3.63) is 64.9 Å². The van der Waals surface area contributed by atoms with Gasteiger partial charge in [-0.1, -0.05) is 24.3 Å². The van der Waals surface area contributed by atoms with Gasteiger partial charge in [0.05, 0.1) is 19.6 Å². The molecule has 1 aliphatic rings. The number of allylic oxidation sites excluding steroid dienone is 1. The summed E-state index contributed by atoms with van der Waals surface area (Å²) >= 11 is 0. The number of carbonyl (C=O) groups excluding carboxylic acids is 3. The predicted molar refractivity (Wildman–Crippen MR) is 137 cm³/mol. The van der Waals surface area contributed by atoms with Gasteiger partial charge in [0.2, 0.25) is 0 Å². The number of amides is 3. The fourth-order valence-electron chi connectivity index (χ4n) is 4.10. The summed E-state index contributed by atoms with van der Waals surface area (Å²) in [5.74, 6) is -1.74. The summed E-state index contributed by atoms with van der Waals surface area (Å²) in [5, 5.41) is 14.6. The Hall–Kier alpha value is -3.14. The molecular formula is C26H30N3NaO6. The first-order valence-electron chi connectivity index (χ1n) is 11.1. The number of nitrogens with zero attached hydrogens (tertiary/aromatic N) is 1. The number of hydrogen-bond donors (Lipinski definition) is 3. The van der Waals surface area contributed by atoms with E-state index in [-0.39, 0.29) is 29.6 Å². The number of aryl methyl sites for hydroxylation is 1. The van der Waals surface area contributed by atoms with Crippen LogP contribution in [0.25, 0.3) is 11.1 Å². The second-order valence-corrected chi connectivity index (χ2v) is 8.49. The zero-order chi connectivity index (χ0) is 25.9. The number of carboxylic acid groups (broad SMARTS) is 1. The van der Waals surface area contributed by atoms with Gasteiger partial charge in [0.15, 0.2) is 11.8 Å². The van der Waals surface area contributed by atoms with Crippen LogP contribution in [0.5, 0.6) is 5.75 Å². The quantitative estimate of drug-likeness (QED) is 0.394. The van der Waals surface area contributed by atoms with Gasteiger partial charge in [0.25, 0.3) is 5.91 Å². The fraction of sp³-hybridized carbons (Fsp3) is 0.308. The van der Waals surface area contributed by atoms with Gasteiger partial charge in [0.1, 0.15) is 5.75 Å². The predicted octanol–water partition coefficient (Wildman–Crippen LogP) is 2.46. The molecule has 2 aromatic rings. The third-order valence-electron chi connectivity index (χ3n) is 6.17. The van der Waals surface area contributed by atoms with Crippen LogP contribution in [-0.2, 0) is 14.4 Å². The molecule has 0 aliphatic carbocycles. The third kappa shape index (κ3) is 6.34. The molecule has 1 aliphatic heterocycles. The van der Waals surface area contributed by atoms with Crippen molar-refractivity contribution in [2.45, 2.75) is 39.3 Å². The number of benzene rings is 2. The Balaban J connectivity index is 0.00000456. The number of aliphatic carboxylic acids is 1. The average Bonchev–Trinajstić information content (AvgIpc) is 2.80. The first-order chi connectivity index (χ1) is 16.5. The van der Waals surface area contributed by atoms with Crippen LogP contribution in [0, 0.1) is 13.8 Å². The number of carboxylic acids is 1. The summed E-state index contributed by atoms with van der Waals surface area (Å²) in [7, 11) is 3.02. The Labute approximate surface area is 232 Å². The molecule has 2 atom stereocenters. The molecular weight excluding hydrogens is 473 g/mol. The van der Waals surface area contributed by atoms with Crippen molar-refractivity contribution in [1.29, 1.82) is 0 Å². The van der Waals surface area contributed by atoms with E-state index in [2.05, 4.69) is 10.6 Å². The van der Waals surface area contributed by atoms with Crippen LogP contribution >= 0.6 is 0 Å². The number of urea groups is 1. The molecule has 0 radical (unpaired) electrons. The number of methoxy groups -OCH3 is 1. The van der Waals surface area contributed by atoms with Crippen LogP contribution in [0.4, 0.5) is 4.79 Å². The van der Waals surface area contributed by atoms with Crippen molar-refractivity contribution >= 4 is 53.2 Å². The Kier molecular flexibility index (Phi) is 9.86. The summed E-state index contributed by atoms with van der Waals surface area (Å²) < 4.78 is 5.47. The minimum absolute atomic E-state index is 0. The molecule has 0 saturated carbocycles. The summed E-state index contributed by atoms with van der Waals surface area (Å²) in [6, 6.07) is 8.15. The second kappa shape index (κ2) is 12.2. The van der Waals surface area contributed by atoms with Gasteiger partial charge in [-0.25, -0.2) is 4.79 Å². The van der Waals surface area contributed by atoms with E-state index in [1.54, 1.807) is 13.0 Å². The van der Waals surface area contributed by atoms with Crippen LogP contribution < -0.4 is 15.4 Å². The van der Waals surface area contributed by atoms with Gasteiger partial charge in [0, 0.05) is 18.8 Å². The monoisotopic (exact) mass is 503 g/mol. The number of likely N-dealkylation sites (N-methyl/N-ethyl adjacent to an activating group) is 1. The molecule has 0 spiro atoms. The van der Waals surface area contributed by atoms with Crippen molar-refractivity contribution in [2.24, 2.45) is 0 Å². The van der Waals surface area contributed by atoms with Crippen molar-refractivity contribution in [3.63, 3.8) is 0 Å². The number of ether oxygens (including phenoxy) is 1. The second-order valence-electron chi connectivity index (χ2n) is 8.49. The zero-order valence-electron chi connectivity index (χ0n) is 20.3. The van der Waals surface area contributed by atoms with E-state index in [0.717, 1.165) is 22.3 Å². The Morgan fingerprint density at radius 1 is 1.11 bits per heavy atom. The van der Waals surface area contributed by atoms with E-state index in [9.17, 15) is 24.3 Å². The SMILES string of the molecule is COc1cc(-c2ccccc2C)c(C)c(C(CC(=O)O)NC(=O)NC2C(=O)C=C(C)N(C)C2=O)c1.[NaH]. The molecule has 10 heteroatoms. The topological polar surface area (TPSA) is 125 Å². The van der Waals surface area contributed by atoms with Crippen molar-refractivity contribution in [1.82, 2.24) is 15.5 Å². The molecule has 36 heavy (non-hydrogen) atoms. The Bertz CT molecular complexity index is 1230. The molecule has 3 amide bonds. The molecule has 2 aromatic carbocycles. The van der Waals surface area contributed by atoms with Crippen LogP contribution in [-0.4, -0.2) is 83.5 Å². The van der Waals surface area contributed by atoms with E-state index in [1.807, 2.05) is 44.2 Å². The standard InChI is InChI=1S/C26H29N3O6.Na.H/c1-14-8-6-7-9-18(14)19-11-17(35-5)12-20(16(19)3)21(13-23(31)32)27-26(34)28-24-22(30)10-15(2)29(4)25(24)33;;/h6-12,21,24H,13H2,1-5H3,(H,31,32)(H2,27,28,34);;. The first-order valence-corrected chi connectivity index (χ1v) is 11.1. The van der Waals surface area contributed by atoms with E-state index < -0.39 is 42.2 Å². The van der Waals surface area contributed by atoms with Gasteiger partial charge in [-0.3, -0.25) is 14.4 Å². The molecule has 0 aromatic heterocycles. The first kappa shape index (κ1) is 29.1. The third-order valence-corrected chi connectivity index (χ3v) is 6.17. The van der Waals surface area contributed by atoms with Crippen molar-refractivity contribution in [3.8, 4) is 16.9 Å². The zero-order valence-corrected chi connectivity index (χ0v) is 20.3. The fourth-order valence-corrected chi connectivity index (χ4v) is 4.10. The van der Waals surface area contributed by atoms with Gasteiger partial charge < -0.3 is 25.4 Å². The van der Waals surface area contributed by atoms with Gasteiger partial charge in [-0.15, -0.1) is 0 Å². The number of rotatable bonds is 7. The van der Waals surface area contributed by atoms with E-state index in [4.69, 9.17) is 4.74 Å². The van der Waals surface area contributed by atoms with Crippen LogP contribution in [0.3, 0.4) is 0 Å². The summed E-state index contributed by atoms with van der Waals surface area (Å²) in [4.78, 5) is 50.6. The van der Waals surface area contributed by atoms with E-state index in [1.165, 1.54) is 25.1 Å². The number of ketones is 1. The van der Waals surface area contributed by atoms with Gasteiger partial charge >= 0.3 is 41.6 Å².